The molecule has 0 bridgehead atoms. The fourth-order valence-corrected chi connectivity index (χ4v) is 4.88. The third-order valence-electron chi connectivity index (χ3n) is 7.03. The van der Waals surface area contributed by atoms with E-state index < -0.39 is 56.9 Å². The van der Waals surface area contributed by atoms with Gasteiger partial charge in [0.2, 0.25) is 0 Å². The van der Waals surface area contributed by atoms with E-state index in [-0.39, 0.29) is 19.4 Å². The molecule has 222 valence electrons. The van der Waals surface area contributed by atoms with Gasteiger partial charge in [0.1, 0.15) is 24.4 Å². The molecular weight excluding hydrogens is 538 g/mol. The van der Waals surface area contributed by atoms with Crippen molar-refractivity contribution in [1.82, 2.24) is 0 Å². The summed E-state index contributed by atoms with van der Waals surface area (Å²) in [4.78, 5) is 0. The predicted octanol–water partition coefficient (Wildman–Crippen LogP) is 7.03. The molecule has 0 radical (unpaired) electrons. The van der Waals surface area contributed by atoms with Crippen molar-refractivity contribution in [2.24, 2.45) is 0 Å². The van der Waals surface area contributed by atoms with Crippen LogP contribution in [-0.4, -0.2) is 37.1 Å². The summed E-state index contributed by atoms with van der Waals surface area (Å²) in [5, 5.41) is 9.52. The molecule has 6 heteroatoms. The van der Waals surface area contributed by atoms with Crippen LogP contribution in [0, 0.1) is 11.3 Å². The van der Waals surface area contributed by atoms with E-state index in [0.717, 1.165) is 0 Å². The van der Waals surface area contributed by atoms with Gasteiger partial charge < -0.3 is 23.7 Å². The van der Waals surface area contributed by atoms with Crippen molar-refractivity contribution in [2.75, 3.05) is 6.61 Å². The van der Waals surface area contributed by atoms with Crippen LogP contribution in [0.4, 0.5) is 0 Å². The Morgan fingerprint density at radius 3 is 1.40 bits per heavy atom. The molecule has 0 aliphatic carbocycles. The van der Waals surface area contributed by atoms with E-state index in [1.54, 1.807) is 48.5 Å². The van der Waals surface area contributed by atoms with E-state index in [4.69, 9.17) is 29.2 Å². The van der Waals surface area contributed by atoms with Crippen LogP contribution >= 0.6 is 0 Å². The molecule has 0 saturated carbocycles. The summed E-state index contributed by atoms with van der Waals surface area (Å²) < 4.78 is 67.4. The van der Waals surface area contributed by atoms with Gasteiger partial charge in [-0.05, 0) is 28.7 Å². The number of hydrogen-bond acceptors (Lipinski definition) is 6. The third-order valence-corrected chi connectivity index (χ3v) is 7.03. The van der Waals surface area contributed by atoms with Crippen molar-refractivity contribution >= 4 is 0 Å². The van der Waals surface area contributed by atoms with Crippen molar-refractivity contribution in [3.05, 3.63) is 144 Å². The van der Waals surface area contributed by atoms with Crippen molar-refractivity contribution in [3.63, 3.8) is 0 Å². The first-order valence-electron chi connectivity index (χ1n) is 16.7. The fraction of sp³-hybridized carbons (Fsp3) is 0.324. The first-order chi connectivity index (χ1) is 22.9. The van der Waals surface area contributed by atoms with Gasteiger partial charge in [-0.2, -0.15) is 5.26 Å². The van der Waals surface area contributed by atoms with Crippen LogP contribution in [-0.2, 0) is 50.0 Å². The molecule has 0 N–H and O–H groups in total. The molecule has 6 nitrogen and oxygen atoms in total. The van der Waals surface area contributed by atoms with Gasteiger partial charge in [0.25, 0.3) is 0 Å². The average molecular weight is 582 g/mol. The molecule has 0 spiro atoms. The topological polar surface area (TPSA) is 69.9 Å². The van der Waals surface area contributed by atoms with Gasteiger partial charge in [-0.3, -0.25) is 0 Å². The highest BCUT2D eigenvalue weighted by molar-refractivity contribution is 5.16. The summed E-state index contributed by atoms with van der Waals surface area (Å²) in [5.74, 6) is 0. The second-order valence-electron chi connectivity index (χ2n) is 10.2. The second-order valence-corrected chi connectivity index (χ2v) is 10.2. The van der Waals surface area contributed by atoms with Crippen LogP contribution in [0.2, 0.25) is 0 Å². The van der Waals surface area contributed by atoms with Crippen molar-refractivity contribution < 1.29 is 29.2 Å². The molecule has 5 rings (SSSR count). The molecule has 1 fully saturated rings. The summed E-state index contributed by atoms with van der Waals surface area (Å²) >= 11 is 0. The molecule has 1 saturated heterocycles. The number of nitrogens with zero attached hydrogens (tertiary/aromatic N) is 1. The number of ether oxygens (including phenoxy) is 5. The molecule has 1 aliphatic rings. The molecule has 4 aromatic rings. The van der Waals surface area contributed by atoms with Crippen LogP contribution < -0.4 is 0 Å². The Labute approximate surface area is 260 Å². The van der Waals surface area contributed by atoms with Crippen LogP contribution in [0.15, 0.2) is 121 Å². The molecule has 4 aromatic carbocycles. The van der Waals surface area contributed by atoms with Crippen LogP contribution in [0.1, 0.15) is 40.6 Å². The number of hydrogen-bond donors (Lipinski definition) is 0. The lowest BCUT2D eigenvalue weighted by Crippen LogP contribution is -2.61. The van der Waals surface area contributed by atoms with E-state index in [2.05, 4.69) is 6.07 Å². The molecule has 1 aliphatic heterocycles. The van der Waals surface area contributed by atoms with Crippen molar-refractivity contribution in [1.29, 1.82) is 5.26 Å². The van der Waals surface area contributed by atoms with Gasteiger partial charge in [0.05, 0.1) is 50.6 Å². The monoisotopic (exact) mass is 581 g/mol. The lowest BCUT2D eigenvalue weighted by Gasteiger charge is -2.46. The molecular formula is C37H39NO5. The van der Waals surface area contributed by atoms with Crippen LogP contribution in [0.5, 0.6) is 0 Å². The minimum absolute atomic E-state index is 0.0954. The Hall–Kier alpha value is -3.83. The molecule has 43 heavy (non-hydrogen) atoms. The van der Waals surface area contributed by atoms with Gasteiger partial charge >= 0.3 is 0 Å². The van der Waals surface area contributed by atoms with Crippen molar-refractivity contribution in [2.45, 2.75) is 69.7 Å². The Kier molecular flexibility index (Phi) is 9.97. The molecule has 5 unspecified atom stereocenters. The van der Waals surface area contributed by atoms with Crippen LogP contribution in [0.25, 0.3) is 0 Å². The maximum atomic E-state index is 9.52. The second kappa shape index (κ2) is 16.7. The summed E-state index contributed by atoms with van der Waals surface area (Å²) in [6, 6.07) is 38.5. The minimum atomic E-state index is -1.16. The SMILES string of the molecule is [2H]C(OC[C@H]1OC(CCC#N)[C@@H](OC([2H])c2ccccc2)[C@@H](OC([2H])c2ccccc2)[C@@H]1OC([2H])c1ccccc1)c1ccccc1. The Morgan fingerprint density at radius 2 is 0.953 bits per heavy atom. The standard InChI is InChI=1S/C37H39NO5/c38-23-13-22-33-35(40-25-30-16-7-2-8-17-30)37(42-27-32-20-11-4-12-21-32)36(41-26-31-18-9-3-10-19-31)34(43-33)28-39-24-29-14-5-1-6-15-29/h1-12,14-21,33-37H,13,22,24-28H2/t33?,34-,35-,36-,37-/m1/s1/i24D,25D,26D,27D/t24?,25?,26?,27?,33?,34-,35-,36-,37-. The predicted molar refractivity (Wildman–Crippen MR) is 165 cm³/mol. The zero-order valence-corrected chi connectivity index (χ0v) is 23.9. The maximum absolute atomic E-state index is 9.52. The summed E-state index contributed by atoms with van der Waals surface area (Å²) in [7, 11) is 0. The lowest BCUT2D eigenvalue weighted by atomic mass is 9.92. The lowest BCUT2D eigenvalue weighted by molar-refractivity contribution is -0.273. The third kappa shape index (κ3) is 9.33. The Balaban J connectivity index is 1.52. The highest BCUT2D eigenvalue weighted by Crippen LogP contribution is 2.32. The van der Waals surface area contributed by atoms with Gasteiger partial charge in [0, 0.05) is 6.42 Å². The summed E-state index contributed by atoms with van der Waals surface area (Å²) in [6.07, 6.45) is -4.18. The fourth-order valence-electron chi connectivity index (χ4n) is 4.88. The highest BCUT2D eigenvalue weighted by atomic mass is 16.6. The molecule has 0 aromatic heterocycles. The highest BCUT2D eigenvalue weighted by Gasteiger charge is 2.48. The summed E-state index contributed by atoms with van der Waals surface area (Å²) in [6.45, 7) is -4.56. The first-order valence-corrected chi connectivity index (χ1v) is 14.4. The summed E-state index contributed by atoms with van der Waals surface area (Å²) in [5.41, 5.74) is 2.48. The number of rotatable bonds is 15. The van der Waals surface area contributed by atoms with Gasteiger partial charge in [0.15, 0.2) is 0 Å². The van der Waals surface area contributed by atoms with E-state index in [1.165, 1.54) is 0 Å². The van der Waals surface area contributed by atoms with E-state index in [0.29, 0.717) is 22.3 Å². The van der Waals surface area contributed by atoms with Gasteiger partial charge in [-0.15, -0.1) is 0 Å². The first kappa shape index (κ1) is 25.6. The van der Waals surface area contributed by atoms with Gasteiger partial charge in [-0.1, -0.05) is 121 Å². The largest absolute Gasteiger partial charge is 0.374 e. The Bertz CT molecular complexity index is 1520. The zero-order chi connectivity index (χ0) is 33.0. The van der Waals surface area contributed by atoms with Crippen molar-refractivity contribution in [3.8, 4) is 6.07 Å². The minimum Gasteiger partial charge on any atom is -0.374 e. The zero-order valence-electron chi connectivity index (χ0n) is 27.9. The van der Waals surface area contributed by atoms with Gasteiger partial charge in [-0.25, -0.2) is 0 Å². The smallest absolute Gasteiger partial charge is 0.115 e. The Morgan fingerprint density at radius 1 is 0.558 bits per heavy atom. The number of nitriles is 1. The molecule has 0 amide bonds. The average Bonchev–Trinajstić information content (AvgIpc) is 3.13. The normalized spacial score (nSPS) is 26.0. The van der Waals surface area contributed by atoms with E-state index in [9.17, 15) is 5.26 Å². The van der Waals surface area contributed by atoms with E-state index in [1.807, 2.05) is 72.8 Å². The van der Waals surface area contributed by atoms with Crippen LogP contribution in [0.3, 0.4) is 0 Å². The number of benzene rings is 4. The molecule has 9 atom stereocenters. The van der Waals surface area contributed by atoms with E-state index >= 15 is 0 Å². The maximum Gasteiger partial charge on any atom is 0.115 e. The quantitative estimate of drug-likeness (QED) is 0.150. The molecule has 1 heterocycles.